The number of amides is 2. The Labute approximate surface area is 206 Å². The van der Waals surface area contributed by atoms with Gasteiger partial charge in [0, 0.05) is 47.8 Å². The van der Waals surface area contributed by atoms with Crippen LogP contribution in [0.25, 0.3) is 22.2 Å². The van der Waals surface area contributed by atoms with Crippen molar-refractivity contribution in [3.05, 3.63) is 47.6 Å². The van der Waals surface area contributed by atoms with E-state index in [1.54, 1.807) is 0 Å². The maximum atomic E-state index is 12.6. The van der Waals surface area contributed by atoms with Gasteiger partial charge in [-0.15, -0.1) is 11.3 Å². The van der Waals surface area contributed by atoms with Gasteiger partial charge in [0.1, 0.15) is 5.54 Å². The number of carbonyl (C=O) groups is 2. The van der Waals surface area contributed by atoms with Crippen molar-refractivity contribution in [1.82, 2.24) is 25.4 Å². The molecule has 182 valence electrons. The average molecular weight is 493 g/mol. The molecule has 0 bridgehead atoms. The van der Waals surface area contributed by atoms with Gasteiger partial charge in [-0.3, -0.25) is 9.59 Å². The number of thiazole rings is 1. The number of fused-ring (bicyclic) bond motifs is 1. The third-order valence-corrected chi connectivity index (χ3v) is 7.21. The summed E-state index contributed by atoms with van der Waals surface area (Å²) in [5.74, 6) is 0.625. The molecule has 1 aliphatic carbocycles. The lowest BCUT2D eigenvalue weighted by atomic mass is 9.89. The van der Waals surface area contributed by atoms with Crippen LogP contribution in [0.15, 0.2) is 40.4 Å². The van der Waals surface area contributed by atoms with Gasteiger partial charge in [-0.25, -0.2) is 4.98 Å². The predicted octanol–water partition coefficient (Wildman–Crippen LogP) is 4.93. The van der Waals surface area contributed by atoms with Crippen LogP contribution < -0.4 is 10.6 Å². The fourth-order valence-corrected chi connectivity index (χ4v) is 5.49. The monoisotopic (exact) mass is 492 g/mol. The quantitative estimate of drug-likeness (QED) is 0.314. The van der Waals surface area contributed by atoms with E-state index in [0.717, 1.165) is 60.7 Å². The van der Waals surface area contributed by atoms with Crippen LogP contribution in [-0.2, 0) is 21.5 Å². The highest BCUT2D eigenvalue weighted by Crippen LogP contribution is 2.35. The number of benzene rings is 1. The van der Waals surface area contributed by atoms with Crippen LogP contribution in [-0.4, -0.2) is 31.9 Å². The summed E-state index contributed by atoms with van der Waals surface area (Å²) >= 11 is 1.39. The van der Waals surface area contributed by atoms with Crippen LogP contribution in [0, 0.1) is 0 Å². The van der Waals surface area contributed by atoms with Crippen molar-refractivity contribution in [3.63, 3.8) is 0 Å². The number of H-pyrrole nitrogens is 1. The fourth-order valence-electron chi connectivity index (χ4n) is 4.76. The third-order valence-electron chi connectivity index (χ3n) is 6.45. The van der Waals surface area contributed by atoms with E-state index in [1.807, 2.05) is 35.8 Å². The zero-order chi connectivity index (χ0) is 24.3. The highest BCUT2D eigenvalue weighted by atomic mass is 32.1. The molecule has 1 aromatic carbocycles. The van der Waals surface area contributed by atoms with Crippen molar-refractivity contribution in [2.24, 2.45) is 0 Å². The lowest BCUT2D eigenvalue weighted by Crippen LogP contribution is -2.45. The van der Waals surface area contributed by atoms with Crippen molar-refractivity contribution in [3.8, 4) is 11.3 Å². The Bertz CT molecular complexity index is 1330. The molecule has 1 aliphatic rings. The molecule has 0 aliphatic heterocycles. The number of nitrogens with one attached hydrogen (secondary N) is 3. The summed E-state index contributed by atoms with van der Waals surface area (Å²) in [7, 11) is 0. The molecule has 0 saturated heterocycles. The smallest absolute Gasteiger partial charge is 0.227 e. The van der Waals surface area contributed by atoms with Crippen LogP contribution in [0.3, 0.4) is 0 Å². The number of hydrogen-bond donors (Lipinski definition) is 3. The summed E-state index contributed by atoms with van der Waals surface area (Å²) in [4.78, 5) is 36.8. The Morgan fingerprint density at radius 1 is 1.14 bits per heavy atom. The van der Waals surface area contributed by atoms with Crippen LogP contribution in [0.1, 0.15) is 63.6 Å². The molecule has 0 radical (unpaired) electrons. The van der Waals surface area contributed by atoms with Gasteiger partial charge in [-0.05, 0) is 18.9 Å². The van der Waals surface area contributed by atoms with Crippen LogP contribution in [0.5, 0.6) is 0 Å². The van der Waals surface area contributed by atoms with E-state index in [2.05, 4.69) is 30.7 Å². The number of nitrogens with zero attached hydrogens (tertiary/aromatic N) is 3. The predicted molar refractivity (Wildman–Crippen MR) is 134 cm³/mol. The van der Waals surface area contributed by atoms with Gasteiger partial charge >= 0.3 is 0 Å². The number of aromatic nitrogens is 4. The highest BCUT2D eigenvalue weighted by molar-refractivity contribution is 7.14. The topological polar surface area (TPSA) is 126 Å². The molecular formula is C25H28N6O3S. The van der Waals surface area contributed by atoms with Crippen molar-refractivity contribution >= 4 is 39.2 Å². The summed E-state index contributed by atoms with van der Waals surface area (Å²) in [6.45, 7) is 1.51. The molecular weight excluding hydrogens is 464 g/mol. The molecule has 1 saturated carbocycles. The molecule has 35 heavy (non-hydrogen) atoms. The molecule has 5 rings (SSSR count). The number of para-hydroxylation sites is 1. The number of anilines is 1. The maximum Gasteiger partial charge on any atom is 0.227 e. The van der Waals surface area contributed by atoms with Crippen molar-refractivity contribution in [2.45, 2.75) is 63.8 Å². The normalized spacial score (nSPS) is 15.6. The van der Waals surface area contributed by atoms with E-state index in [4.69, 9.17) is 4.52 Å². The first kappa shape index (κ1) is 23.2. The first-order chi connectivity index (χ1) is 17.0. The molecule has 4 aromatic rings. The molecule has 9 nitrogen and oxygen atoms in total. The van der Waals surface area contributed by atoms with E-state index in [1.165, 1.54) is 18.3 Å². The first-order valence-corrected chi connectivity index (χ1v) is 12.8. The minimum Gasteiger partial charge on any atom is -0.360 e. The standard InChI is InChI=1S/C25H28N6O3S/c1-16(32)30-25(12-6-2-3-7-13-25)23-29-22(34-31-23)11-10-21(33)28-24-27-20(15-35-24)18-14-26-19-9-5-4-8-17(18)19/h4-5,8-9,14-15,26H,2-3,6-7,10-13H2,1H3,(H,30,32)(H,27,28,33). The second kappa shape index (κ2) is 9.99. The van der Waals surface area contributed by atoms with Crippen molar-refractivity contribution in [1.29, 1.82) is 0 Å². The van der Waals surface area contributed by atoms with E-state index in [9.17, 15) is 9.59 Å². The van der Waals surface area contributed by atoms with Gasteiger partial charge in [-0.2, -0.15) is 4.98 Å². The van der Waals surface area contributed by atoms with Gasteiger partial charge in [0.25, 0.3) is 0 Å². The van der Waals surface area contributed by atoms with Crippen molar-refractivity contribution < 1.29 is 14.1 Å². The largest absolute Gasteiger partial charge is 0.360 e. The zero-order valence-electron chi connectivity index (χ0n) is 19.6. The second-order valence-corrected chi connectivity index (χ2v) is 9.88. The summed E-state index contributed by atoms with van der Waals surface area (Å²) in [6.07, 6.45) is 8.27. The Kier molecular flexibility index (Phi) is 6.63. The summed E-state index contributed by atoms with van der Waals surface area (Å²) in [5.41, 5.74) is 2.27. The Morgan fingerprint density at radius 2 is 1.94 bits per heavy atom. The van der Waals surface area contributed by atoms with E-state index < -0.39 is 5.54 Å². The van der Waals surface area contributed by atoms with E-state index >= 15 is 0 Å². The molecule has 0 atom stereocenters. The van der Waals surface area contributed by atoms with Crippen LogP contribution >= 0.6 is 11.3 Å². The lowest BCUT2D eigenvalue weighted by molar-refractivity contribution is -0.121. The first-order valence-electron chi connectivity index (χ1n) is 12.0. The Hall–Kier alpha value is -3.53. The number of hydrogen-bond acceptors (Lipinski definition) is 7. The number of aromatic amines is 1. The van der Waals surface area contributed by atoms with Gasteiger partial charge < -0.3 is 20.1 Å². The number of carbonyl (C=O) groups excluding carboxylic acids is 2. The van der Waals surface area contributed by atoms with Crippen LogP contribution in [0.4, 0.5) is 5.13 Å². The van der Waals surface area contributed by atoms with E-state index in [0.29, 0.717) is 23.3 Å². The summed E-state index contributed by atoms with van der Waals surface area (Å²) < 4.78 is 5.45. The Balaban J connectivity index is 1.21. The fraction of sp³-hybridized carbons (Fsp3) is 0.400. The number of aryl methyl sites for hydroxylation is 1. The minimum absolute atomic E-state index is 0.104. The highest BCUT2D eigenvalue weighted by Gasteiger charge is 2.38. The molecule has 2 amide bonds. The SMILES string of the molecule is CC(=O)NC1(c2noc(CCC(=O)Nc3nc(-c4c[nH]c5ccccc45)cs3)n2)CCCCCC1. The zero-order valence-corrected chi connectivity index (χ0v) is 20.4. The molecule has 10 heteroatoms. The molecule has 3 aromatic heterocycles. The average Bonchev–Trinajstić information content (AvgIpc) is 3.56. The molecule has 0 spiro atoms. The minimum atomic E-state index is -0.591. The molecule has 1 fully saturated rings. The molecule has 3 N–H and O–H groups in total. The summed E-state index contributed by atoms with van der Waals surface area (Å²) in [5, 5.41) is 13.7. The number of rotatable bonds is 7. The van der Waals surface area contributed by atoms with E-state index in [-0.39, 0.29) is 18.2 Å². The van der Waals surface area contributed by atoms with Gasteiger partial charge in [0.2, 0.25) is 17.7 Å². The lowest BCUT2D eigenvalue weighted by Gasteiger charge is -2.30. The molecule has 0 unspecified atom stereocenters. The molecule has 3 heterocycles. The van der Waals surface area contributed by atoms with Gasteiger partial charge in [-0.1, -0.05) is 49.0 Å². The Morgan fingerprint density at radius 3 is 2.74 bits per heavy atom. The van der Waals surface area contributed by atoms with Crippen LogP contribution in [0.2, 0.25) is 0 Å². The van der Waals surface area contributed by atoms with Gasteiger partial charge in [0.05, 0.1) is 5.69 Å². The third kappa shape index (κ3) is 5.12. The summed E-state index contributed by atoms with van der Waals surface area (Å²) in [6, 6.07) is 8.04. The van der Waals surface area contributed by atoms with Gasteiger partial charge in [0.15, 0.2) is 11.0 Å². The maximum absolute atomic E-state index is 12.6. The van der Waals surface area contributed by atoms with Crippen molar-refractivity contribution in [2.75, 3.05) is 5.32 Å². The second-order valence-electron chi connectivity index (χ2n) is 9.02.